The maximum absolute atomic E-state index is 13.9. The second-order valence-electron chi connectivity index (χ2n) is 5.55. The zero-order valence-corrected chi connectivity index (χ0v) is 15.3. The number of hydrogen-bond donors (Lipinski definition) is 2. The van der Waals surface area contributed by atoms with Crippen LogP contribution in [-0.4, -0.2) is 36.5 Å². The number of halogens is 3. The van der Waals surface area contributed by atoms with Crippen molar-refractivity contribution in [3.05, 3.63) is 63.3 Å². The number of rotatable bonds is 5. The lowest BCUT2D eigenvalue weighted by atomic mass is 10.2. The molecular formula is C16H12Cl2FN5O3. The lowest BCUT2D eigenvalue weighted by Crippen LogP contribution is -2.16. The predicted octanol–water partition coefficient (Wildman–Crippen LogP) is 3.06. The summed E-state index contributed by atoms with van der Waals surface area (Å²) in [6.45, 7) is -0.00559. The molecule has 0 radical (unpaired) electrons. The van der Waals surface area contributed by atoms with Crippen LogP contribution in [0, 0.1) is 5.82 Å². The van der Waals surface area contributed by atoms with E-state index in [4.69, 9.17) is 28.3 Å². The molecule has 8 nitrogen and oxygen atoms in total. The van der Waals surface area contributed by atoms with Crippen LogP contribution in [0.15, 0.2) is 30.6 Å². The van der Waals surface area contributed by atoms with E-state index in [2.05, 4.69) is 15.5 Å². The highest BCUT2D eigenvalue weighted by Gasteiger charge is 2.22. The first-order valence-electron chi connectivity index (χ1n) is 7.50. The van der Waals surface area contributed by atoms with E-state index < -0.39 is 23.4 Å². The summed E-state index contributed by atoms with van der Waals surface area (Å²) in [6, 6.07) is 4.30. The molecule has 0 aliphatic heterocycles. The second kappa shape index (κ2) is 7.37. The summed E-state index contributed by atoms with van der Waals surface area (Å²) >= 11 is 12.1. The number of aromatic carboxylic acids is 1. The molecule has 0 spiro atoms. The summed E-state index contributed by atoms with van der Waals surface area (Å²) in [5.74, 6) is -2.58. The fraction of sp³-hybridized carbons (Fsp3) is 0.125. The van der Waals surface area contributed by atoms with E-state index in [-0.39, 0.29) is 33.5 Å². The quantitative estimate of drug-likeness (QED) is 0.671. The van der Waals surface area contributed by atoms with Crippen molar-refractivity contribution in [1.29, 1.82) is 0 Å². The fourth-order valence-electron chi connectivity index (χ4n) is 2.40. The molecule has 27 heavy (non-hydrogen) atoms. The standard InChI is InChI=1S/C16H12Cl2FN5O3/c1-23-5-9(13(21-23)16(26)27)15(25)20-14-11(18)7-24(22-14)6-8-10(17)3-2-4-12(8)19/h2-5,7H,6H2,1H3,(H,26,27)(H,20,22,25). The highest BCUT2D eigenvalue weighted by atomic mass is 35.5. The molecule has 0 aliphatic rings. The number of anilines is 1. The Morgan fingerprint density at radius 3 is 2.63 bits per heavy atom. The molecule has 0 unspecified atom stereocenters. The number of benzene rings is 1. The highest BCUT2D eigenvalue weighted by molar-refractivity contribution is 6.33. The van der Waals surface area contributed by atoms with Crippen LogP contribution in [0.2, 0.25) is 10.0 Å². The molecule has 1 aromatic carbocycles. The SMILES string of the molecule is Cn1cc(C(=O)Nc2nn(Cc3c(F)cccc3Cl)cc2Cl)c(C(=O)O)n1. The minimum absolute atomic E-state index is 0.00526. The van der Waals surface area contributed by atoms with Gasteiger partial charge in [-0.05, 0) is 12.1 Å². The van der Waals surface area contributed by atoms with Gasteiger partial charge in [0.05, 0.1) is 12.1 Å². The van der Waals surface area contributed by atoms with E-state index >= 15 is 0 Å². The zero-order chi connectivity index (χ0) is 19.7. The summed E-state index contributed by atoms with van der Waals surface area (Å²) in [6.07, 6.45) is 2.66. The van der Waals surface area contributed by atoms with Gasteiger partial charge in [0.2, 0.25) is 0 Å². The van der Waals surface area contributed by atoms with Crippen molar-refractivity contribution >= 4 is 40.9 Å². The van der Waals surface area contributed by atoms with Crippen molar-refractivity contribution in [3.8, 4) is 0 Å². The number of carbonyl (C=O) groups excluding carboxylic acids is 1. The largest absolute Gasteiger partial charge is 0.476 e. The Hall–Kier alpha value is -2.91. The Balaban J connectivity index is 1.83. The first-order valence-corrected chi connectivity index (χ1v) is 8.26. The van der Waals surface area contributed by atoms with Gasteiger partial charge in [-0.3, -0.25) is 14.2 Å². The van der Waals surface area contributed by atoms with Crippen molar-refractivity contribution in [2.24, 2.45) is 7.05 Å². The van der Waals surface area contributed by atoms with E-state index in [0.717, 1.165) is 0 Å². The van der Waals surface area contributed by atoms with Crippen LogP contribution in [0.3, 0.4) is 0 Å². The molecule has 140 valence electrons. The molecular weight excluding hydrogens is 400 g/mol. The number of nitrogens with one attached hydrogen (secondary N) is 1. The average molecular weight is 412 g/mol. The van der Waals surface area contributed by atoms with Crippen LogP contribution < -0.4 is 5.32 Å². The fourth-order valence-corrected chi connectivity index (χ4v) is 2.82. The summed E-state index contributed by atoms with van der Waals surface area (Å²) < 4.78 is 16.4. The molecule has 2 N–H and O–H groups in total. The van der Waals surface area contributed by atoms with E-state index in [9.17, 15) is 14.0 Å². The maximum atomic E-state index is 13.9. The zero-order valence-electron chi connectivity index (χ0n) is 13.8. The molecule has 11 heteroatoms. The maximum Gasteiger partial charge on any atom is 0.357 e. The third kappa shape index (κ3) is 3.93. The van der Waals surface area contributed by atoms with Gasteiger partial charge >= 0.3 is 5.97 Å². The van der Waals surface area contributed by atoms with Crippen LogP contribution in [0.1, 0.15) is 26.4 Å². The van der Waals surface area contributed by atoms with Crippen LogP contribution in [0.4, 0.5) is 10.2 Å². The van der Waals surface area contributed by atoms with Crippen molar-refractivity contribution in [2.45, 2.75) is 6.54 Å². The third-order valence-corrected chi connectivity index (χ3v) is 4.24. The number of carboxylic acid groups (broad SMARTS) is 1. The second-order valence-corrected chi connectivity index (χ2v) is 6.36. The number of carbonyl (C=O) groups is 2. The van der Waals surface area contributed by atoms with Gasteiger partial charge in [-0.1, -0.05) is 29.3 Å². The molecule has 0 saturated carbocycles. The van der Waals surface area contributed by atoms with Gasteiger partial charge in [-0.15, -0.1) is 0 Å². The molecule has 0 bridgehead atoms. The number of amides is 1. The molecule has 0 saturated heterocycles. The number of aryl methyl sites for hydroxylation is 1. The lowest BCUT2D eigenvalue weighted by Gasteiger charge is -2.06. The number of aromatic nitrogens is 4. The van der Waals surface area contributed by atoms with Gasteiger partial charge in [0.25, 0.3) is 5.91 Å². The molecule has 1 amide bonds. The van der Waals surface area contributed by atoms with E-state index in [1.807, 2.05) is 0 Å². The van der Waals surface area contributed by atoms with Crippen LogP contribution in [0.5, 0.6) is 0 Å². The van der Waals surface area contributed by atoms with Gasteiger partial charge in [0.15, 0.2) is 11.5 Å². The normalized spacial score (nSPS) is 10.8. The molecule has 0 atom stereocenters. The Bertz CT molecular complexity index is 1030. The van der Waals surface area contributed by atoms with Crippen molar-refractivity contribution in [3.63, 3.8) is 0 Å². The van der Waals surface area contributed by atoms with Crippen LogP contribution in [-0.2, 0) is 13.6 Å². The van der Waals surface area contributed by atoms with Crippen LogP contribution >= 0.6 is 23.2 Å². The summed E-state index contributed by atoms with van der Waals surface area (Å²) in [4.78, 5) is 23.5. The van der Waals surface area contributed by atoms with Gasteiger partial charge in [-0.2, -0.15) is 10.2 Å². The monoisotopic (exact) mass is 411 g/mol. The van der Waals surface area contributed by atoms with Gasteiger partial charge in [0.1, 0.15) is 10.8 Å². The Kier molecular flexibility index (Phi) is 5.15. The van der Waals surface area contributed by atoms with Crippen molar-refractivity contribution in [1.82, 2.24) is 19.6 Å². The smallest absolute Gasteiger partial charge is 0.357 e. The van der Waals surface area contributed by atoms with Gasteiger partial charge in [0, 0.05) is 30.0 Å². The molecule has 0 aliphatic carbocycles. The summed E-state index contributed by atoms with van der Waals surface area (Å²) in [7, 11) is 1.49. The van der Waals surface area contributed by atoms with Gasteiger partial charge in [-0.25, -0.2) is 9.18 Å². The molecule has 2 aromatic heterocycles. The summed E-state index contributed by atoms with van der Waals surface area (Å²) in [5.41, 5.74) is -0.326. The van der Waals surface area contributed by atoms with Crippen LogP contribution in [0.25, 0.3) is 0 Å². The lowest BCUT2D eigenvalue weighted by molar-refractivity contribution is 0.0685. The third-order valence-electron chi connectivity index (χ3n) is 3.61. The number of hydrogen-bond acceptors (Lipinski definition) is 4. The Labute approximate surface area is 162 Å². The number of nitrogens with zero attached hydrogens (tertiary/aromatic N) is 4. The van der Waals surface area contributed by atoms with E-state index in [1.165, 1.54) is 40.9 Å². The first kappa shape index (κ1) is 18.9. The minimum Gasteiger partial charge on any atom is -0.476 e. The van der Waals surface area contributed by atoms with Crippen molar-refractivity contribution < 1.29 is 19.1 Å². The average Bonchev–Trinajstić information content (AvgIpc) is 3.14. The molecule has 0 fully saturated rings. The molecule has 3 aromatic rings. The number of carboxylic acids is 1. The summed E-state index contributed by atoms with van der Waals surface area (Å²) in [5, 5.41) is 19.7. The van der Waals surface area contributed by atoms with Crippen molar-refractivity contribution in [2.75, 3.05) is 5.32 Å². The molecule has 2 heterocycles. The van der Waals surface area contributed by atoms with Gasteiger partial charge < -0.3 is 10.4 Å². The van der Waals surface area contributed by atoms with E-state index in [0.29, 0.717) is 0 Å². The molecule has 3 rings (SSSR count). The highest BCUT2D eigenvalue weighted by Crippen LogP contribution is 2.24. The Morgan fingerprint density at radius 1 is 1.22 bits per heavy atom. The Morgan fingerprint density at radius 2 is 1.96 bits per heavy atom. The van der Waals surface area contributed by atoms with E-state index in [1.54, 1.807) is 6.07 Å². The predicted molar refractivity (Wildman–Crippen MR) is 95.9 cm³/mol. The topological polar surface area (TPSA) is 102 Å². The first-order chi connectivity index (χ1) is 12.8. The minimum atomic E-state index is -1.34.